The molecule has 0 radical (unpaired) electrons. The van der Waals surface area contributed by atoms with Crippen molar-refractivity contribution in [2.75, 3.05) is 13.7 Å². The van der Waals surface area contributed by atoms with Crippen LogP contribution in [0.2, 0.25) is 0 Å². The number of hydrogen-bond donors (Lipinski definition) is 1. The summed E-state index contributed by atoms with van der Waals surface area (Å²) in [6.07, 6.45) is 6.68. The van der Waals surface area contributed by atoms with Crippen molar-refractivity contribution < 1.29 is 4.74 Å². The zero-order chi connectivity index (χ0) is 14.4. The van der Waals surface area contributed by atoms with Crippen molar-refractivity contribution in [1.29, 1.82) is 0 Å². The highest BCUT2D eigenvalue weighted by Crippen LogP contribution is 2.29. The molecule has 0 amide bonds. The van der Waals surface area contributed by atoms with Gasteiger partial charge >= 0.3 is 0 Å². The van der Waals surface area contributed by atoms with Crippen molar-refractivity contribution in [2.24, 2.45) is 11.8 Å². The van der Waals surface area contributed by atoms with Crippen molar-refractivity contribution in [1.82, 2.24) is 5.32 Å². The van der Waals surface area contributed by atoms with E-state index in [1.807, 2.05) is 12.1 Å². The van der Waals surface area contributed by atoms with E-state index in [0.29, 0.717) is 6.04 Å². The molecule has 0 aliphatic heterocycles. The summed E-state index contributed by atoms with van der Waals surface area (Å²) < 4.78 is 5.43. The number of methoxy groups -OCH3 is 1. The van der Waals surface area contributed by atoms with Crippen LogP contribution in [-0.4, -0.2) is 19.7 Å². The molecular formula is C18H29NO. The lowest BCUT2D eigenvalue weighted by atomic mass is 9.80. The lowest BCUT2D eigenvalue weighted by molar-refractivity contribution is 0.242. The summed E-state index contributed by atoms with van der Waals surface area (Å²) in [5.74, 6) is 2.76. The van der Waals surface area contributed by atoms with Gasteiger partial charge in [0, 0.05) is 6.04 Å². The average molecular weight is 275 g/mol. The Morgan fingerprint density at radius 2 is 2.00 bits per heavy atom. The van der Waals surface area contributed by atoms with Crippen LogP contribution in [0.5, 0.6) is 5.75 Å². The van der Waals surface area contributed by atoms with Crippen LogP contribution in [0.3, 0.4) is 0 Å². The van der Waals surface area contributed by atoms with Crippen LogP contribution in [0.4, 0.5) is 0 Å². The highest BCUT2D eigenvalue weighted by Gasteiger charge is 2.21. The maximum atomic E-state index is 5.43. The Labute approximate surface area is 123 Å². The summed E-state index contributed by atoms with van der Waals surface area (Å²) in [4.78, 5) is 0. The molecule has 2 nitrogen and oxygen atoms in total. The molecule has 0 bridgehead atoms. The molecule has 1 aliphatic rings. The third kappa shape index (κ3) is 4.24. The molecule has 1 aromatic rings. The Morgan fingerprint density at radius 3 is 2.75 bits per heavy atom. The van der Waals surface area contributed by atoms with Gasteiger partial charge in [0.05, 0.1) is 7.11 Å². The SMILES string of the molecule is COc1ccccc1CC(C)NCC1CCCCC1C. The molecule has 1 aliphatic carbocycles. The van der Waals surface area contributed by atoms with Crippen LogP contribution < -0.4 is 10.1 Å². The summed E-state index contributed by atoms with van der Waals surface area (Å²) in [7, 11) is 1.75. The molecule has 112 valence electrons. The Hall–Kier alpha value is -1.02. The van der Waals surface area contributed by atoms with Gasteiger partial charge < -0.3 is 10.1 Å². The van der Waals surface area contributed by atoms with Gasteiger partial charge in [0.15, 0.2) is 0 Å². The first-order valence-electron chi connectivity index (χ1n) is 8.06. The molecule has 0 saturated heterocycles. The topological polar surface area (TPSA) is 21.3 Å². The number of para-hydroxylation sites is 1. The molecule has 1 N–H and O–H groups in total. The molecule has 1 aromatic carbocycles. The summed E-state index contributed by atoms with van der Waals surface area (Å²) in [5, 5.41) is 3.73. The van der Waals surface area contributed by atoms with Gasteiger partial charge in [-0.05, 0) is 49.8 Å². The van der Waals surface area contributed by atoms with E-state index in [2.05, 4.69) is 31.3 Å². The quantitative estimate of drug-likeness (QED) is 0.846. The van der Waals surface area contributed by atoms with Crippen molar-refractivity contribution in [3.8, 4) is 5.75 Å². The first kappa shape index (κ1) is 15.4. The highest BCUT2D eigenvalue weighted by molar-refractivity contribution is 5.33. The number of nitrogens with one attached hydrogen (secondary N) is 1. The first-order valence-corrected chi connectivity index (χ1v) is 8.06. The van der Waals surface area contributed by atoms with Crippen molar-refractivity contribution in [2.45, 2.75) is 52.0 Å². The predicted molar refractivity (Wildman–Crippen MR) is 85.3 cm³/mol. The first-order chi connectivity index (χ1) is 9.70. The van der Waals surface area contributed by atoms with Gasteiger partial charge in [-0.2, -0.15) is 0 Å². The van der Waals surface area contributed by atoms with Gasteiger partial charge in [-0.15, -0.1) is 0 Å². The summed E-state index contributed by atoms with van der Waals surface area (Å²) in [5.41, 5.74) is 1.30. The molecule has 0 spiro atoms. The molecule has 2 heteroatoms. The Bertz CT molecular complexity index is 404. The van der Waals surface area contributed by atoms with Gasteiger partial charge in [0.1, 0.15) is 5.75 Å². The average Bonchev–Trinajstić information content (AvgIpc) is 2.47. The number of ether oxygens (including phenoxy) is 1. The zero-order valence-corrected chi connectivity index (χ0v) is 13.2. The summed E-state index contributed by atoms with van der Waals surface area (Å²) in [6, 6.07) is 8.84. The van der Waals surface area contributed by atoms with Crippen molar-refractivity contribution >= 4 is 0 Å². The lowest BCUT2D eigenvalue weighted by Crippen LogP contribution is -2.36. The molecule has 2 rings (SSSR count). The van der Waals surface area contributed by atoms with E-state index < -0.39 is 0 Å². The van der Waals surface area contributed by atoms with Crippen LogP contribution in [0.15, 0.2) is 24.3 Å². The van der Waals surface area contributed by atoms with E-state index in [0.717, 1.165) is 30.6 Å². The molecular weight excluding hydrogens is 246 g/mol. The second kappa shape index (κ2) is 7.68. The third-order valence-corrected chi connectivity index (χ3v) is 4.74. The summed E-state index contributed by atoms with van der Waals surface area (Å²) in [6.45, 7) is 5.85. The van der Waals surface area contributed by atoms with Gasteiger partial charge in [0.25, 0.3) is 0 Å². The zero-order valence-electron chi connectivity index (χ0n) is 13.2. The van der Waals surface area contributed by atoms with Crippen LogP contribution in [-0.2, 0) is 6.42 Å². The second-order valence-corrected chi connectivity index (χ2v) is 6.35. The summed E-state index contributed by atoms with van der Waals surface area (Å²) >= 11 is 0. The monoisotopic (exact) mass is 275 g/mol. The Balaban J connectivity index is 1.81. The second-order valence-electron chi connectivity index (χ2n) is 6.35. The molecule has 0 aromatic heterocycles. The Morgan fingerprint density at radius 1 is 1.25 bits per heavy atom. The van der Waals surface area contributed by atoms with Gasteiger partial charge in [-0.1, -0.05) is 44.4 Å². The number of hydrogen-bond acceptors (Lipinski definition) is 2. The van der Waals surface area contributed by atoms with E-state index in [1.54, 1.807) is 7.11 Å². The van der Waals surface area contributed by atoms with Crippen LogP contribution in [0.1, 0.15) is 45.1 Å². The fourth-order valence-electron chi connectivity index (χ4n) is 3.32. The van der Waals surface area contributed by atoms with Gasteiger partial charge in [-0.25, -0.2) is 0 Å². The largest absolute Gasteiger partial charge is 0.496 e. The standard InChI is InChI=1S/C18H29NO/c1-14-8-4-5-10-17(14)13-19-15(2)12-16-9-6-7-11-18(16)20-3/h6-7,9,11,14-15,17,19H,4-5,8,10,12-13H2,1-3H3. The maximum Gasteiger partial charge on any atom is 0.122 e. The fraction of sp³-hybridized carbons (Fsp3) is 0.667. The molecule has 0 heterocycles. The van der Waals surface area contributed by atoms with Crippen molar-refractivity contribution in [3.05, 3.63) is 29.8 Å². The van der Waals surface area contributed by atoms with E-state index in [4.69, 9.17) is 4.74 Å². The van der Waals surface area contributed by atoms with Crippen LogP contribution >= 0.6 is 0 Å². The molecule has 1 fully saturated rings. The van der Waals surface area contributed by atoms with Gasteiger partial charge in [-0.3, -0.25) is 0 Å². The smallest absolute Gasteiger partial charge is 0.122 e. The highest BCUT2D eigenvalue weighted by atomic mass is 16.5. The van der Waals surface area contributed by atoms with E-state index in [9.17, 15) is 0 Å². The van der Waals surface area contributed by atoms with Crippen LogP contribution in [0, 0.1) is 11.8 Å². The Kier molecular flexibility index (Phi) is 5.90. The van der Waals surface area contributed by atoms with Gasteiger partial charge in [0.2, 0.25) is 0 Å². The molecule has 3 atom stereocenters. The normalized spacial score (nSPS) is 24.4. The molecule has 3 unspecified atom stereocenters. The minimum absolute atomic E-state index is 0.500. The van der Waals surface area contributed by atoms with Crippen molar-refractivity contribution in [3.63, 3.8) is 0 Å². The number of rotatable bonds is 6. The van der Waals surface area contributed by atoms with E-state index >= 15 is 0 Å². The minimum Gasteiger partial charge on any atom is -0.496 e. The fourth-order valence-corrected chi connectivity index (χ4v) is 3.32. The molecule has 20 heavy (non-hydrogen) atoms. The lowest BCUT2D eigenvalue weighted by Gasteiger charge is -2.30. The predicted octanol–water partition coefficient (Wildman–Crippen LogP) is 4.04. The number of benzene rings is 1. The third-order valence-electron chi connectivity index (χ3n) is 4.74. The van der Waals surface area contributed by atoms with E-state index in [1.165, 1.54) is 31.2 Å². The molecule has 1 saturated carbocycles. The minimum atomic E-state index is 0.500. The van der Waals surface area contributed by atoms with Crippen LogP contribution in [0.25, 0.3) is 0 Å². The maximum absolute atomic E-state index is 5.43. The van der Waals surface area contributed by atoms with E-state index in [-0.39, 0.29) is 0 Å².